The highest BCUT2D eigenvalue weighted by molar-refractivity contribution is 7.80. The Balaban J connectivity index is 1.98. The van der Waals surface area contributed by atoms with Crippen LogP contribution in [0.15, 0.2) is 48.5 Å². The average molecular weight is 373 g/mol. The summed E-state index contributed by atoms with van der Waals surface area (Å²) in [5.74, 6) is 1.17. The van der Waals surface area contributed by atoms with Gasteiger partial charge in [0.15, 0.2) is 5.11 Å². The van der Waals surface area contributed by atoms with Gasteiger partial charge in [0, 0.05) is 18.3 Å². The molecule has 2 aromatic rings. The molecule has 0 radical (unpaired) electrons. The Morgan fingerprint density at radius 1 is 1.08 bits per heavy atom. The third kappa shape index (κ3) is 5.35. The number of hydrogen-bond donors (Lipinski definition) is 2. The summed E-state index contributed by atoms with van der Waals surface area (Å²) >= 11 is 5.44. The molecule has 0 saturated heterocycles. The molecule has 0 aliphatic heterocycles. The van der Waals surface area contributed by atoms with E-state index in [1.54, 1.807) is 31.3 Å². The normalized spacial score (nSPS) is 9.96. The number of thiocarbonyl (C=S) groups is 1. The maximum absolute atomic E-state index is 12.4. The molecule has 2 aromatic carbocycles. The first-order valence-corrected chi connectivity index (χ1v) is 8.61. The zero-order valence-corrected chi connectivity index (χ0v) is 15.9. The van der Waals surface area contributed by atoms with Gasteiger partial charge >= 0.3 is 0 Å². The molecule has 26 heavy (non-hydrogen) atoms. The van der Waals surface area contributed by atoms with Crippen molar-refractivity contribution in [3.63, 3.8) is 0 Å². The topological polar surface area (TPSA) is 62.8 Å². The highest BCUT2D eigenvalue weighted by Crippen LogP contribution is 2.23. The first-order valence-electron chi connectivity index (χ1n) is 8.20. The number of amides is 1. The van der Waals surface area contributed by atoms with Crippen LogP contribution in [0, 0.1) is 0 Å². The molecule has 0 saturated carbocycles. The van der Waals surface area contributed by atoms with Gasteiger partial charge in [-0.05, 0) is 43.4 Å². The number of para-hydroxylation sites is 2. The minimum Gasteiger partial charge on any atom is -0.497 e. The van der Waals surface area contributed by atoms with E-state index in [0.717, 1.165) is 11.4 Å². The van der Waals surface area contributed by atoms with E-state index in [2.05, 4.69) is 10.6 Å². The summed E-state index contributed by atoms with van der Waals surface area (Å²) in [4.78, 5) is 14.2. The van der Waals surface area contributed by atoms with Crippen LogP contribution in [-0.2, 0) is 4.79 Å². The second kappa shape index (κ2) is 9.62. The van der Waals surface area contributed by atoms with Gasteiger partial charge in [-0.3, -0.25) is 4.79 Å². The number of ether oxygens (including phenoxy) is 2. The first-order chi connectivity index (χ1) is 12.6. The van der Waals surface area contributed by atoms with Crippen LogP contribution in [0.4, 0.5) is 11.4 Å². The second-order valence-electron chi connectivity index (χ2n) is 5.42. The summed E-state index contributed by atoms with van der Waals surface area (Å²) < 4.78 is 10.5. The highest BCUT2D eigenvalue weighted by atomic mass is 32.1. The van der Waals surface area contributed by atoms with Gasteiger partial charge < -0.3 is 25.0 Å². The third-order valence-corrected chi connectivity index (χ3v) is 4.07. The van der Waals surface area contributed by atoms with Crippen LogP contribution in [0.3, 0.4) is 0 Å². The molecule has 0 spiro atoms. The summed E-state index contributed by atoms with van der Waals surface area (Å²) in [6.45, 7) is 2.66. The summed E-state index contributed by atoms with van der Waals surface area (Å²) in [6, 6.07) is 14.7. The molecule has 0 bridgehead atoms. The van der Waals surface area contributed by atoms with Gasteiger partial charge in [0.25, 0.3) is 0 Å². The number of benzene rings is 2. The van der Waals surface area contributed by atoms with Gasteiger partial charge in [-0.2, -0.15) is 0 Å². The van der Waals surface area contributed by atoms with Crippen LogP contribution in [0.25, 0.3) is 0 Å². The number of nitrogens with one attached hydrogen (secondary N) is 2. The van der Waals surface area contributed by atoms with Crippen LogP contribution < -0.4 is 20.1 Å². The zero-order valence-electron chi connectivity index (χ0n) is 15.1. The van der Waals surface area contributed by atoms with E-state index in [9.17, 15) is 4.79 Å². The van der Waals surface area contributed by atoms with E-state index in [0.29, 0.717) is 23.1 Å². The van der Waals surface area contributed by atoms with E-state index >= 15 is 0 Å². The van der Waals surface area contributed by atoms with E-state index in [1.165, 1.54) is 0 Å². The molecule has 6 nitrogen and oxygen atoms in total. The second-order valence-corrected chi connectivity index (χ2v) is 5.81. The molecule has 0 aromatic heterocycles. The smallest absolute Gasteiger partial charge is 0.244 e. The molecular weight excluding hydrogens is 350 g/mol. The fourth-order valence-electron chi connectivity index (χ4n) is 2.34. The Morgan fingerprint density at radius 3 is 2.54 bits per heavy atom. The van der Waals surface area contributed by atoms with Crippen LogP contribution in [-0.4, -0.2) is 43.2 Å². The van der Waals surface area contributed by atoms with Gasteiger partial charge in [0.1, 0.15) is 11.5 Å². The minimum absolute atomic E-state index is 0.129. The zero-order chi connectivity index (χ0) is 18.9. The molecule has 0 aliphatic rings. The minimum atomic E-state index is -0.175. The maximum Gasteiger partial charge on any atom is 0.244 e. The number of hydrogen-bond acceptors (Lipinski definition) is 4. The number of carbonyl (C=O) groups is 1. The summed E-state index contributed by atoms with van der Waals surface area (Å²) in [5.41, 5.74) is 1.43. The van der Waals surface area contributed by atoms with Crippen molar-refractivity contribution in [3.05, 3.63) is 48.5 Å². The van der Waals surface area contributed by atoms with Gasteiger partial charge in [-0.25, -0.2) is 0 Å². The van der Waals surface area contributed by atoms with Crippen LogP contribution in [0.1, 0.15) is 6.92 Å². The SMILES string of the molecule is CCN(CC(=O)Nc1ccccc1OC)C(=S)Nc1cccc(OC)c1. The predicted octanol–water partition coefficient (Wildman–Crippen LogP) is 3.36. The number of likely N-dealkylation sites (N-methyl/N-ethyl adjacent to an activating group) is 1. The Bertz CT molecular complexity index is 767. The van der Waals surface area contributed by atoms with Crippen molar-refractivity contribution >= 4 is 34.6 Å². The monoisotopic (exact) mass is 373 g/mol. The lowest BCUT2D eigenvalue weighted by molar-refractivity contribution is -0.116. The van der Waals surface area contributed by atoms with Gasteiger partial charge in [0.2, 0.25) is 5.91 Å². The Hall–Kier alpha value is -2.80. The Labute approximate surface area is 159 Å². The lowest BCUT2D eigenvalue weighted by atomic mass is 10.3. The number of methoxy groups -OCH3 is 2. The molecule has 0 aliphatic carbocycles. The van der Waals surface area contributed by atoms with Crippen LogP contribution >= 0.6 is 12.2 Å². The Morgan fingerprint density at radius 2 is 1.85 bits per heavy atom. The number of anilines is 2. The lowest BCUT2D eigenvalue weighted by Crippen LogP contribution is -2.40. The van der Waals surface area contributed by atoms with Crippen molar-refractivity contribution < 1.29 is 14.3 Å². The van der Waals surface area contributed by atoms with Gasteiger partial charge in [0.05, 0.1) is 26.5 Å². The van der Waals surface area contributed by atoms with E-state index in [4.69, 9.17) is 21.7 Å². The molecule has 0 atom stereocenters. The fourth-order valence-corrected chi connectivity index (χ4v) is 2.65. The summed E-state index contributed by atoms with van der Waals surface area (Å²) in [6.07, 6.45) is 0. The molecule has 2 rings (SSSR count). The van der Waals surface area contributed by atoms with E-state index in [1.807, 2.05) is 43.3 Å². The van der Waals surface area contributed by atoms with Crippen molar-refractivity contribution in [1.29, 1.82) is 0 Å². The van der Waals surface area contributed by atoms with Crippen molar-refractivity contribution in [1.82, 2.24) is 4.90 Å². The van der Waals surface area contributed by atoms with Crippen molar-refractivity contribution in [2.45, 2.75) is 6.92 Å². The van der Waals surface area contributed by atoms with Crippen molar-refractivity contribution in [2.75, 3.05) is 37.9 Å². The number of nitrogens with zero attached hydrogens (tertiary/aromatic N) is 1. The quantitative estimate of drug-likeness (QED) is 0.726. The molecule has 0 heterocycles. The largest absolute Gasteiger partial charge is 0.497 e. The number of carbonyl (C=O) groups excluding carboxylic acids is 1. The summed E-state index contributed by atoms with van der Waals surface area (Å²) in [5, 5.41) is 6.45. The molecule has 7 heteroatoms. The standard InChI is InChI=1S/C19H23N3O3S/c1-4-22(19(26)20-14-8-7-9-15(12-14)24-2)13-18(23)21-16-10-5-6-11-17(16)25-3/h5-12H,4,13H2,1-3H3,(H,20,26)(H,21,23). The molecular formula is C19H23N3O3S. The predicted molar refractivity (Wildman–Crippen MR) is 108 cm³/mol. The Kier molecular flexibility index (Phi) is 7.23. The van der Waals surface area contributed by atoms with Crippen molar-refractivity contribution in [3.8, 4) is 11.5 Å². The van der Waals surface area contributed by atoms with Crippen molar-refractivity contribution in [2.24, 2.45) is 0 Å². The fraction of sp³-hybridized carbons (Fsp3) is 0.263. The van der Waals surface area contributed by atoms with E-state index in [-0.39, 0.29) is 12.5 Å². The summed E-state index contributed by atoms with van der Waals surface area (Å²) in [7, 11) is 3.18. The first kappa shape index (κ1) is 19.5. The van der Waals surface area contributed by atoms with E-state index < -0.39 is 0 Å². The molecule has 0 unspecified atom stereocenters. The highest BCUT2D eigenvalue weighted by Gasteiger charge is 2.14. The van der Waals surface area contributed by atoms with Gasteiger partial charge in [-0.15, -0.1) is 0 Å². The van der Waals surface area contributed by atoms with Crippen LogP contribution in [0.5, 0.6) is 11.5 Å². The third-order valence-electron chi connectivity index (χ3n) is 3.71. The molecule has 2 N–H and O–H groups in total. The lowest BCUT2D eigenvalue weighted by Gasteiger charge is -2.24. The van der Waals surface area contributed by atoms with Gasteiger partial charge in [-0.1, -0.05) is 18.2 Å². The van der Waals surface area contributed by atoms with Crippen LogP contribution in [0.2, 0.25) is 0 Å². The molecule has 138 valence electrons. The maximum atomic E-state index is 12.4. The molecule has 0 fully saturated rings. The number of rotatable bonds is 7. The average Bonchev–Trinajstić information content (AvgIpc) is 2.66. The molecule has 1 amide bonds.